The molecule has 2 rings (SSSR count). The molecule has 2 heterocycles. The van der Waals surface area contributed by atoms with Gasteiger partial charge in [0.1, 0.15) is 0 Å². The maximum absolute atomic E-state index is 5.32. The van der Waals surface area contributed by atoms with E-state index in [1.807, 2.05) is 11.3 Å². The van der Waals surface area contributed by atoms with Crippen molar-refractivity contribution in [2.45, 2.75) is 65.1 Å². The normalized spacial score (nSPS) is 19.8. The van der Waals surface area contributed by atoms with Gasteiger partial charge in [0.25, 0.3) is 0 Å². The molecular weight excluding hydrogens is 282 g/mol. The van der Waals surface area contributed by atoms with Gasteiger partial charge in [0.15, 0.2) is 5.13 Å². The van der Waals surface area contributed by atoms with E-state index in [0.29, 0.717) is 12.6 Å². The number of hydrogen-bond donors (Lipinski definition) is 1. The van der Waals surface area contributed by atoms with Crippen LogP contribution < -0.4 is 10.2 Å². The van der Waals surface area contributed by atoms with Crippen molar-refractivity contribution >= 4 is 16.5 Å². The summed E-state index contributed by atoms with van der Waals surface area (Å²) in [5.41, 5.74) is 1.11. The molecule has 1 N–H and O–H groups in total. The van der Waals surface area contributed by atoms with Crippen molar-refractivity contribution in [2.75, 3.05) is 25.1 Å². The number of methoxy groups -OCH3 is 1. The highest BCUT2D eigenvalue weighted by atomic mass is 32.1. The topological polar surface area (TPSA) is 37.4 Å². The van der Waals surface area contributed by atoms with Crippen LogP contribution in [0.3, 0.4) is 0 Å². The highest BCUT2D eigenvalue weighted by Crippen LogP contribution is 2.32. The molecule has 1 atom stereocenters. The molecule has 21 heavy (non-hydrogen) atoms. The van der Waals surface area contributed by atoms with Gasteiger partial charge in [-0.2, -0.15) is 0 Å². The van der Waals surface area contributed by atoms with Crippen LogP contribution in [0, 0.1) is 0 Å². The zero-order valence-electron chi connectivity index (χ0n) is 13.7. The standard InChI is InChI=1S/C16H29N3OS/c1-4-13-9-7-6-8-10-19(13)16-18-14(12-20-3)15(21-16)11-17-5-2/h13,17H,4-12H2,1-3H3. The van der Waals surface area contributed by atoms with E-state index in [9.17, 15) is 0 Å². The average Bonchev–Trinajstić information content (AvgIpc) is 2.73. The fraction of sp³-hybridized carbons (Fsp3) is 0.812. The number of thiazole rings is 1. The molecule has 0 aliphatic carbocycles. The molecule has 1 fully saturated rings. The lowest BCUT2D eigenvalue weighted by atomic mass is 10.1. The third-order valence-corrected chi connectivity index (χ3v) is 5.31. The minimum atomic E-state index is 0.613. The van der Waals surface area contributed by atoms with Gasteiger partial charge in [-0.1, -0.05) is 26.7 Å². The first-order valence-electron chi connectivity index (χ1n) is 8.25. The Morgan fingerprint density at radius 3 is 2.90 bits per heavy atom. The number of ether oxygens (including phenoxy) is 1. The Kier molecular flexibility index (Phi) is 6.93. The molecule has 0 aromatic carbocycles. The van der Waals surface area contributed by atoms with Gasteiger partial charge < -0.3 is 15.0 Å². The van der Waals surface area contributed by atoms with Gasteiger partial charge in [0.05, 0.1) is 12.3 Å². The molecule has 0 bridgehead atoms. The summed E-state index contributed by atoms with van der Waals surface area (Å²) in [4.78, 5) is 8.77. The first-order chi connectivity index (χ1) is 10.3. The maximum Gasteiger partial charge on any atom is 0.186 e. The summed E-state index contributed by atoms with van der Waals surface area (Å²) in [5, 5.41) is 4.61. The molecule has 0 amide bonds. The van der Waals surface area contributed by atoms with Crippen LogP contribution in [0.1, 0.15) is 56.5 Å². The summed E-state index contributed by atoms with van der Waals surface area (Å²) in [6.45, 7) is 8.09. The fourth-order valence-electron chi connectivity index (χ4n) is 2.97. The summed E-state index contributed by atoms with van der Waals surface area (Å²) in [6, 6.07) is 0.654. The summed E-state index contributed by atoms with van der Waals surface area (Å²) in [5.74, 6) is 0. The fourth-order valence-corrected chi connectivity index (χ4v) is 4.10. The molecule has 1 aliphatic rings. The number of hydrogen-bond acceptors (Lipinski definition) is 5. The highest BCUT2D eigenvalue weighted by molar-refractivity contribution is 7.15. The van der Waals surface area contributed by atoms with Crippen molar-refractivity contribution in [1.29, 1.82) is 0 Å². The Balaban J connectivity index is 2.19. The van der Waals surface area contributed by atoms with Crippen LogP contribution in [0.25, 0.3) is 0 Å². The van der Waals surface area contributed by atoms with Crippen molar-refractivity contribution in [3.63, 3.8) is 0 Å². The molecule has 0 saturated carbocycles. The van der Waals surface area contributed by atoms with Crippen molar-refractivity contribution in [1.82, 2.24) is 10.3 Å². The van der Waals surface area contributed by atoms with E-state index < -0.39 is 0 Å². The number of rotatable bonds is 7. The zero-order chi connectivity index (χ0) is 15.1. The second kappa shape index (κ2) is 8.71. The van der Waals surface area contributed by atoms with Crippen molar-refractivity contribution in [2.24, 2.45) is 0 Å². The Labute approximate surface area is 132 Å². The molecule has 4 nitrogen and oxygen atoms in total. The van der Waals surface area contributed by atoms with Gasteiger partial charge in [-0.25, -0.2) is 4.98 Å². The Hall–Kier alpha value is -0.650. The van der Waals surface area contributed by atoms with E-state index >= 15 is 0 Å². The van der Waals surface area contributed by atoms with E-state index in [0.717, 1.165) is 25.3 Å². The van der Waals surface area contributed by atoms with Gasteiger partial charge in [0.2, 0.25) is 0 Å². The number of nitrogens with zero attached hydrogens (tertiary/aromatic N) is 2. The van der Waals surface area contributed by atoms with Crippen LogP contribution >= 0.6 is 11.3 Å². The molecule has 1 aromatic rings. The first-order valence-corrected chi connectivity index (χ1v) is 9.06. The van der Waals surface area contributed by atoms with Crippen LogP contribution in [0.15, 0.2) is 0 Å². The van der Waals surface area contributed by atoms with Crippen LogP contribution in [0.2, 0.25) is 0 Å². The number of nitrogens with one attached hydrogen (secondary N) is 1. The molecule has 1 saturated heterocycles. The first kappa shape index (κ1) is 16.7. The maximum atomic E-state index is 5.32. The third kappa shape index (κ3) is 4.41. The zero-order valence-corrected chi connectivity index (χ0v) is 14.5. The lowest BCUT2D eigenvalue weighted by molar-refractivity contribution is 0.181. The lowest BCUT2D eigenvalue weighted by Crippen LogP contribution is -2.34. The molecule has 0 radical (unpaired) electrons. The number of anilines is 1. The van der Waals surface area contributed by atoms with E-state index in [1.54, 1.807) is 7.11 Å². The lowest BCUT2D eigenvalue weighted by Gasteiger charge is -2.28. The van der Waals surface area contributed by atoms with Crippen molar-refractivity contribution < 1.29 is 4.74 Å². The average molecular weight is 311 g/mol. The predicted molar refractivity (Wildman–Crippen MR) is 90.1 cm³/mol. The second-order valence-electron chi connectivity index (χ2n) is 5.68. The molecule has 0 spiro atoms. The van der Waals surface area contributed by atoms with Crippen LogP contribution in [0.4, 0.5) is 5.13 Å². The van der Waals surface area contributed by atoms with Gasteiger partial charge in [0, 0.05) is 31.1 Å². The minimum Gasteiger partial charge on any atom is -0.378 e. The van der Waals surface area contributed by atoms with E-state index in [-0.39, 0.29) is 0 Å². The second-order valence-corrected chi connectivity index (χ2v) is 6.75. The van der Waals surface area contributed by atoms with Crippen molar-refractivity contribution in [3.05, 3.63) is 10.6 Å². The van der Waals surface area contributed by atoms with Crippen LogP contribution in [-0.4, -0.2) is 31.2 Å². The Morgan fingerprint density at radius 1 is 1.33 bits per heavy atom. The van der Waals surface area contributed by atoms with Gasteiger partial charge >= 0.3 is 0 Å². The summed E-state index contributed by atoms with van der Waals surface area (Å²) < 4.78 is 5.32. The smallest absolute Gasteiger partial charge is 0.186 e. The Morgan fingerprint density at radius 2 is 2.19 bits per heavy atom. The quantitative estimate of drug-likeness (QED) is 0.835. The highest BCUT2D eigenvalue weighted by Gasteiger charge is 2.23. The van der Waals surface area contributed by atoms with E-state index in [1.165, 1.54) is 42.1 Å². The minimum absolute atomic E-state index is 0.613. The van der Waals surface area contributed by atoms with E-state index in [2.05, 4.69) is 24.1 Å². The number of aromatic nitrogens is 1. The molecule has 1 aliphatic heterocycles. The van der Waals surface area contributed by atoms with Crippen molar-refractivity contribution in [3.8, 4) is 0 Å². The largest absolute Gasteiger partial charge is 0.378 e. The summed E-state index contributed by atoms with van der Waals surface area (Å²) in [6.07, 6.45) is 6.52. The summed E-state index contributed by atoms with van der Waals surface area (Å²) >= 11 is 1.85. The monoisotopic (exact) mass is 311 g/mol. The predicted octanol–water partition coefficient (Wildman–Crippen LogP) is 3.56. The molecule has 5 heteroatoms. The van der Waals surface area contributed by atoms with Gasteiger partial charge in [-0.3, -0.25) is 0 Å². The summed E-state index contributed by atoms with van der Waals surface area (Å²) in [7, 11) is 1.75. The van der Waals surface area contributed by atoms with Gasteiger partial charge in [-0.15, -0.1) is 11.3 Å². The van der Waals surface area contributed by atoms with Crippen LogP contribution in [-0.2, 0) is 17.9 Å². The Bertz CT molecular complexity index is 422. The van der Waals surface area contributed by atoms with Crippen LogP contribution in [0.5, 0.6) is 0 Å². The van der Waals surface area contributed by atoms with Gasteiger partial charge in [-0.05, 0) is 25.8 Å². The molecule has 120 valence electrons. The third-order valence-electron chi connectivity index (χ3n) is 4.18. The van der Waals surface area contributed by atoms with E-state index in [4.69, 9.17) is 9.72 Å². The molecule has 1 aromatic heterocycles. The molecular formula is C16H29N3OS. The SMILES string of the molecule is CCNCc1sc(N2CCCCCC2CC)nc1COC. The molecule has 1 unspecified atom stereocenters.